The summed E-state index contributed by atoms with van der Waals surface area (Å²) in [4.78, 5) is 22.2. The molecule has 0 aliphatic carbocycles. The van der Waals surface area contributed by atoms with Crippen molar-refractivity contribution >= 4 is 23.3 Å². The fourth-order valence-electron chi connectivity index (χ4n) is 1.32. The monoisotopic (exact) mass is 270 g/mol. The zero-order chi connectivity index (χ0) is 14.4. The summed E-state index contributed by atoms with van der Waals surface area (Å²) < 4.78 is 23.1. The van der Waals surface area contributed by atoms with Gasteiger partial charge in [0.15, 0.2) is 6.61 Å². The number of halogens is 1. The first-order valence-electron chi connectivity index (χ1n) is 5.59. The van der Waals surface area contributed by atoms with Gasteiger partial charge in [0, 0.05) is 13.0 Å². The predicted octanol–water partition coefficient (Wildman–Crippen LogP) is 1.31. The van der Waals surface area contributed by atoms with Crippen LogP contribution in [0.1, 0.15) is 13.8 Å². The third-order valence-electron chi connectivity index (χ3n) is 2.06. The molecule has 0 fully saturated rings. The van der Waals surface area contributed by atoms with Gasteiger partial charge in [-0.25, -0.2) is 9.18 Å². The Morgan fingerprint density at radius 2 is 2.11 bits per heavy atom. The minimum atomic E-state index is -0.701. The van der Waals surface area contributed by atoms with E-state index in [0.717, 1.165) is 6.07 Å². The number of ether oxygens (including phenoxy) is 2. The molecule has 0 saturated carbocycles. The van der Waals surface area contributed by atoms with Gasteiger partial charge in [-0.15, -0.1) is 0 Å². The number of amides is 1. The number of hydrogen-bond donors (Lipinski definition) is 2. The van der Waals surface area contributed by atoms with Gasteiger partial charge in [-0.05, 0) is 13.0 Å². The number of nitrogen functional groups attached to an aromatic ring is 1. The summed E-state index contributed by atoms with van der Waals surface area (Å²) in [6.45, 7) is 2.78. The molecule has 3 N–H and O–H groups in total. The molecule has 0 atom stereocenters. The van der Waals surface area contributed by atoms with Crippen LogP contribution in [0.4, 0.5) is 15.8 Å². The first-order chi connectivity index (χ1) is 8.93. The molecule has 6 nitrogen and oxygen atoms in total. The molecule has 0 aromatic heterocycles. The van der Waals surface area contributed by atoms with E-state index < -0.39 is 11.8 Å². The number of rotatable bonds is 5. The zero-order valence-corrected chi connectivity index (χ0v) is 10.7. The minimum Gasteiger partial charge on any atom is -0.480 e. The van der Waals surface area contributed by atoms with Crippen LogP contribution in [0.5, 0.6) is 5.75 Å². The van der Waals surface area contributed by atoms with Gasteiger partial charge in [-0.2, -0.15) is 0 Å². The predicted molar refractivity (Wildman–Crippen MR) is 67.2 cm³/mol. The summed E-state index contributed by atoms with van der Waals surface area (Å²) in [5.41, 5.74) is 5.45. The maximum Gasteiger partial charge on any atom is 0.344 e. The Labute approximate surface area is 109 Å². The average molecular weight is 270 g/mol. The molecule has 0 heterocycles. The van der Waals surface area contributed by atoms with E-state index in [4.69, 9.17) is 10.5 Å². The van der Waals surface area contributed by atoms with Gasteiger partial charge in [0.1, 0.15) is 11.6 Å². The van der Waals surface area contributed by atoms with Gasteiger partial charge in [0.25, 0.3) is 0 Å². The molecule has 1 aromatic carbocycles. The van der Waals surface area contributed by atoms with E-state index in [1.165, 1.54) is 13.0 Å². The Morgan fingerprint density at radius 3 is 2.68 bits per heavy atom. The third kappa shape index (κ3) is 4.46. The lowest BCUT2D eigenvalue weighted by atomic mass is 10.2. The lowest BCUT2D eigenvalue weighted by Gasteiger charge is -2.12. The lowest BCUT2D eigenvalue weighted by Crippen LogP contribution is -2.16. The maximum atomic E-state index is 13.3. The number of carbonyl (C=O) groups is 2. The molecular formula is C12H15FN2O4. The molecule has 104 valence electrons. The summed E-state index contributed by atoms with van der Waals surface area (Å²) >= 11 is 0. The highest BCUT2D eigenvalue weighted by molar-refractivity contribution is 5.91. The van der Waals surface area contributed by atoms with Crippen LogP contribution in [0, 0.1) is 5.82 Å². The van der Waals surface area contributed by atoms with E-state index in [2.05, 4.69) is 10.1 Å². The standard InChI is InChI=1S/C12H15FN2O4/c1-3-18-12(17)6-19-11-4-8(13)9(14)5-10(11)15-7(2)16/h4-5H,3,6,14H2,1-2H3,(H,15,16). The number of benzene rings is 1. The number of anilines is 2. The zero-order valence-electron chi connectivity index (χ0n) is 10.7. The maximum absolute atomic E-state index is 13.3. The second-order valence-corrected chi connectivity index (χ2v) is 3.64. The van der Waals surface area contributed by atoms with Gasteiger partial charge >= 0.3 is 5.97 Å². The molecule has 1 rings (SSSR count). The van der Waals surface area contributed by atoms with E-state index in [1.54, 1.807) is 6.92 Å². The van der Waals surface area contributed by atoms with Crippen molar-refractivity contribution in [3.8, 4) is 5.75 Å². The molecule has 0 saturated heterocycles. The molecule has 1 aromatic rings. The SMILES string of the molecule is CCOC(=O)COc1cc(F)c(N)cc1NC(C)=O. The molecule has 0 spiro atoms. The number of carbonyl (C=O) groups excluding carboxylic acids is 2. The molecule has 19 heavy (non-hydrogen) atoms. The fraction of sp³-hybridized carbons (Fsp3) is 0.333. The molecule has 1 amide bonds. The van der Waals surface area contributed by atoms with Crippen molar-refractivity contribution in [3.63, 3.8) is 0 Å². The molecule has 0 unspecified atom stereocenters. The van der Waals surface area contributed by atoms with Crippen LogP contribution in [0.2, 0.25) is 0 Å². The van der Waals surface area contributed by atoms with Crippen LogP contribution < -0.4 is 15.8 Å². The van der Waals surface area contributed by atoms with Crippen molar-refractivity contribution in [2.24, 2.45) is 0 Å². The van der Waals surface area contributed by atoms with Gasteiger partial charge < -0.3 is 20.5 Å². The van der Waals surface area contributed by atoms with Crippen molar-refractivity contribution in [2.75, 3.05) is 24.3 Å². The van der Waals surface area contributed by atoms with Crippen LogP contribution in [0.3, 0.4) is 0 Å². The van der Waals surface area contributed by atoms with Crippen molar-refractivity contribution < 1.29 is 23.5 Å². The quantitative estimate of drug-likeness (QED) is 0.621. The second kappa shape index (κ2) is 6.58. The number of esters is 1. The van der Waals surface area contributed by atoms with Crippen LogP contribution in [-0.2, 0) is 14.3 Å². The van der Waals surface area contributed by atoms with E-state index in [-0.39, 0.29) is 36.2 Å². The largest absolute Gasteiger partial charge is 0.480 e. The Hall–Kier alpha value is -2.31. The lowest BCUT2D eigenvalue weighted by molar-refractivity contribution is -0.145. The molecule has 0 aliphatic rings. The normalized spacial score (nSPS) is 9.84. The summed E-state index contributed by atoms with van der Waals surface area (Å²) in [5.74, 6) is -1.65. The van der Waals surface area contributed by atoms with Crippen molar-refractivity contribution in [1.29, 1.82) is 0 Å². The van der Waals surface area contributed by atoms with E-state index in [9.17, 15) is 14.0 Å². The van der Waals surface area contributed by atoms with Crippen molar-refractivity contribution in [2.45, 2.75) is 13.8 Å². The molecule has 0 radical (unpaired) electrons. The summed E-state index contributed by atoms with van der Waals surface area (Å²) in [5, 5.41) is 2.43. The third-order valence-corrected chi connectivity index (χ3v) is 2.06. The minimum absolute atomic E-state index is 0.00922. The highest BCUT2D eigenvalue weighted by atomic mass is 19.1. The summed E-state index contributed by atoms with van der Waals surface area (Å²) in [7, 11) is 0. The fourth-order valence-corrected chi connectivity index (χ4v) is 1.32. The Kier molecular flexibility index (Phi) is 5.11. The van der Waals surface area contributed by atoms with E-state index in [1.807, 2.05) is 0 Å². The molecular weight excluding hydrogens is 255 g/mol. The van der Waals surface area contributed by atoms with Crippen molar-refractivity contribution in [3.05, 3.63) is 17.9 Å². The van der Waals surface area contributed by atoms with E-state index >= 15 is 0 Å². The molecule has 7 heteroatoms. The van der Waals surface area contributed by atoms with Gasteiger partial charge in [-0.3, -0.25) is 4.79 Å². The van der Waals surface area contributed by atoms with Crippen LogP contribution >= 0.6 is 0 Å². The summed E-state index contributed by atoms with van der Waals surface area (Å²) in [6, 6.07) is 2.22. The smallest absolute Gasteiger partial charge is 0.344 e. The molecule has 0 aliphatic heterocycles. The van der Waals surface area contributed by atoms with E-state index in [0.29, 0.717) is 0 Å². The number of nitrogens with two attached hydrogens (primary N) is 1. The first-order valence-corrected chi connectivity index (χ1v) is 5.59. The number of hydrogen-bond acceptors (Lipinski definition) is 5. The Morgan fingerprint density at radius 1 is 1.42 bits per heavy atom. The number of nitrogens with one attached hydrogen (secondary N) is 1. The average Bonchev–Trinajstić information content (AvgIpc) is 2.31. The first kappa shape index (κ1) is 14.7. The van der Waals surface area contributed by atoms with Crippen LogP contribution in [-0.4, -0.2) is 25.1 Å². The summed E-state index contributed by atoms with van der Waals surface area (Å²) in [6.07, 6.45) is 0. The van der Waals surface area contributed by atoms with Crippen molar-refractivity contribution in [1.82, 2.24) is 0 Å². The van der Waals surface area contributed by atoms with Gasteiger partial charge in [-0.1, -0.05) is 0 Å². The molecule has 0 bridgehead atoms. The highest BCUT2D eigenvalue weighted by Crippen LogP contribution is 2.29. The van der Waals surface area contributed by atoms with Gasteiger partial charge in [0.2, 0.25) is 5.91 Å². The topological polar surface area (TPSA) is 90.7 Å². The van der Waals surface area contributed by atoms with Crippen LogP contribution in [0.15, 0.2) is 12.1 Å². The Bertz CT molecular complexity index is 491. The van der Waals surface area contributed by atoms with Crippen LogP contribution in [0.25, 0.3) is 0 Å². The highest BCUT2D eigenvalue weighted by Gasteiger charge is 2.12. The second-order valence-electron chi connectivity index (χ2n) is 3.64. The Balaban J connectivity index is 2.87. The van der Waals surface area contributed by atoms with Gasteiger partial charge in [0.05, 0.1) is 18.0 Å².